The molecule has 2 fully saturated rings. The normalized spacial score (nSPS) is 22.6. The number of fused-ring (bicyclic) bond motifs is 1. The largest absolute Gasteiger partial charge is 0.475 e. The van der Waals surface area contributed by atoms with Crippen molar-refractivity contribution in [2.45, 2.75) is 55.8 Å². The number of hydrogen-bond donors (Lipinski definition) is 3. The second kappa shape index (κ2) is 20.0. The first-order valence-corrected chi connectivity index (χ1v) is 21.7. The number of esters is 1. The molecule has 0 bridgehead atoms. The fourth-order valence-corrected chi connectivity index (χ4v) is 8.82. The van der Waals surface area contributed by atoms with Crippen molar-refractivity contribution in [3.05, 3.63) is 142 Å². The summed E-state index contributed by atoms with van der Waals surface area (Å²) in [6.07, 6.45) is -4.66. The van der Waals surface area contributed by atoms with Gasteiger partial charge in [0.1, 0.15) is 37.0 Å². The summed E-state index contributed by atoms with van der Waals surface area (Å²) >= 11 is 0. The smallest absolute Gasteiger partial charge is 0.453 e. The third-order valence-corrected chi connectivity index (χ3v) is 12.1. The third-order valence-electron chi connectivity index (χ3n) is 10.6. The summed E-state index contributed by atoms with van der Waals surface area (Å²) in [5, 5.41) is 22.4. The number of phosphoric acid groups is 1. The minimum Gasteiger partial charge on any atom is -0.453 e. The highest BCUT2D eigenvalue weighted by molar-refractivity contribution is 7.48. The van der Waals surface area contributed by atoms with Crippen LogP contribution in [0.25, 0.3) is 22.3 Å². The zero-order valence-electron chi connectivity index (χ0n) is 34.4. The molecule has 6 aromatic rings. The summed E-state index contributed by atoms with van der Waals surface area (Å²) in [6.45, 7) is -1.67. The topological polar surface area (TPSA) is 270 Å². The van der Waals surface area contributed by atoms with E-state index in [1.165, 1.54) is 30.5 Å². The lowest BCUT2D eigenvalue weighted by Gasteiger charge is -2.26. The number of aromatic nitrogens is 6. The fourth-order valence-electron chi connectivity index (χ4n) is 7.42. The lowest BCUT2D eigenvalue weighted by atomic mass is 10.1. The minimum absolute atomic E-state index is 0.107. The molecule has 21 nitrogen and oxygen atoms in total. The molecular formula is C43H41N8O13P. The van der Waals surface area contributed by atoms with Crippen LogP contribution in [0.3, 0.4) is 0 Å². The first-order valence-electron chi connectivity index (χ1n) is 20.2. The van der Waals surface area contributed by atoms with Gasteiger partial charge in [-0.15, -0.1) is 0 Å². The molecule has 336 valence electrons. The van der Waals surface area contributed by atoms with Gasteiger partial charge >= 0.3 is 19.5 Å². The predicted octanol–water partition coefficient (Wildman–Crippen LogP) is 4.15. The number of carbonyl (C=O) groups is 2. The van der Waals surface area contributed by atoms with E-state index >= 15 is 0 Å². The molecule has 2 unspecified atom stereocenters. The van der Waals surface area contributed by atoms with Crippen LogP contribution in [-0.2, 0) is 37.1 Å². The number of nitrogens with one attached hydrogen (secondary N) is 2. The van der Waals surface area contributed by atoms with E-state index < -0.39 is 93.7 Å². The highest BCUT2D eigenvalue weighted by Crippen LogP contribution is 2.54. The molecule has 8 rings (SSSR count). The number of nitriles is 1. The molecule has 8 atom stereocenters. The molecule has 1 amide bonds. The number of aromatic amines is 1. The number of amides is 1. The molecule has 0 radical (unpaired) electrons. The van der Waals surface area contributed by atoms with Gasteiger partial charge in [0.05, 0.1) is 49.8 Å². The number of hydrogen-bond acceptors (Lipinski definition) is 17. The molecule has 22 heteroatoms. The molecule has 3 aromatic carbocycles. The van der Waals surface area contributed by atoms with Crippen LogP contribution in [0, 0.1) is 11.3 Å². The molecular weight excluding hydrogens is 867 g/mol. The SMILES string of the molecule is CO[C@H]1[C@@H](OC(=O)c2ccccc2)[C@@H](COP(=O)(OCCC#N)OC2C[C@H](n3cc(-c4ccccc4)c(=O)[nH]c3=O)O[C@@H]2CO)O[C@H]1n1cnc2c(NC(=O)c3ccccc3)ncnc21. The standard InChI is InChI=1S/C43H41N8O13P/c1-58-36-35(63-42(55)28-16-9-4-10-17-28)32(62-41(36)51-25-47-34-37(45-24-46-38(34)51)48-39(53)27-14-7-3-8-15-27)23-60-65(57,59-19-11-18-44)64-30-20-33(61-31(30)22-52)50-21-29(40(54)49-43(50)56)26-12-5-2-6-13-26/h2-10,12-17,21,24-25,30-33,35-36,41,52H,11,19-20,22-23H2,1H3,(H,49,54,56)(H,45,46,48,53)/t30?,31-,32-,33-,35+,36+,41-,65?/m1/s1. The number of methoxy groups -OCH3 is 1. The highest BCUT2D eigenvalue weighted by atomic mass is 31.2. The van der Waals surface area contributed by atoms with Crippen molar-refractivity contribution in [3.63, 3.8) is 0 Å². The van der Waals surface area contributed by atoms with Crippen LogP contribution in [-0.4, -0.2) is 104 Å². The van der Waals surface area contributed by atoms with Crippen molar-refractivity contribution >= 4 is 36.7 Å². The zero-order valence-corrected chi connectivity index (χ0v) is 35.3. The lowest BCUT2D eigenvalue weighted by Crippen LogP contribution is -2.39. The molecule has 65 heavy (non-hydrogen) atoms. The second-order valence-electron chi connectivity index (χ2n) is 14.6. The van der Waals surface area contributed by atoms with Gasteiger partial charge in [0, 0.05) is 25.3 Å². The van der Waals surface area contributed by atoms with E-state index in [9.17, 15) is 34.1 Å². The summed E-state index contributed by atoms with van der Waals surface area (Å²) in [5.74, 6) is -1.07. The van der Waals surface area contributed by atoms with Crippen LogP contribution in [0.2, 0.25) is 0 Å². The van der Waals surface area contributed by atoms with Crippen LogP contribution < -0.4 is 16.6 Å². The van der Waals surface area contributed by atoms with E-state index in [4.69, 9.17) is 32.5 Å². The first kappa shape index (κ1) is 44.9. The van der Waals surface area contributed by atoms with E-state index in [-0.39, 0.29) is 41.0 Å². The molecule has 3 aromatic heterocycles. The van der Waals surface area contributed by atoms with E-state index in [0.29, 0.717) is 11.1 Å². The Morgan fingerprint density at radius 2 is 1.63 bits per heavy atom. The number of H-pyrrole nitrogens is 1. The maximum Gasteiger partial charge on any atom is 0.475 e. The Bertz CT molecular complexity index is 2840. The van der Waals surface area contributed by atoms with Gasteiger partial charge in [-0.1, -0.05) is 66.7 Å². The molecule has 0 saturated carbocycles. The van der Waals surface area contributed by atoms with Crippen molar-refractivity contribution < 1.29 is 51.8 Å². The lowest BCUT2D eigenvalue weighted by molar-refractivity contribution is -0.0647. The Hall–Kier alpha value is -6.73. The molecule has 5 heterocycles. The Kier molecular flexibility index (Phi) is 13.8. The van der Waals surface area contributed by atoms with Crippen molar-refractivity contribution in [1.29, 1.82) is 5.26 Å². The van der Waals surface area contributed by atoms with Gasteiger partial charge in [0.2, 0.25) is 0 Å². The van der Waals surface area contributed by atoms with Crippen LogP contribution in [0.5, 0.6) is 0 Å². The van der Waals surface area contributed by atoms with Crippen molar-refractivity contribution in [1.82, 2.24) is 29.1 Å². The number of benzene rings is 3. The van der Waals surface area contributed by atoms with Crippen LogP contribution >= 0.6 is 7.82 Å². The molecule has 3 N–H and O–H groups in total. The predicted molar refractivity (Wildman–Crippen MR) is 227 cm³/mol. The zero-order chi connectivity index (χ0) is 45.5. The second-order valence-corrected chi connectivity index (χ2v) is 16.2. The number of phosphoric ester groups is 1. The van der Waals surface area contributed by atoms with Gasteiger partial charge < -0.3 is 29.4 Å². The first-order chi connectivity index (χ1) is 31.6. The molecule has 2 aliphatic heterocycles. The van der Waals surface area contributed by atoms with Crippen LogP contribution in [0.15, 0.2) is 119 Å². The quantitative estimate of drug-likeness (QED) is 0.0659. The van der Waals surface area contributed by atoms with Gasteiger partial charge in [-0.05, 0) is 29.8 Å². The highest BCUT2D eigenvalue weighted by Gasteiger charge is 2.51. The summed E-state index contributed by atoms with van der Waals surface area (Å²) in [4.78, 5) is 67.8. The summed E-state index contributed by atoms with van der Waals surface area (Å²) in [5.41, 5.74) is 0.278. The number of aliphatic hydroxyl groups excluding tert-OH is 1. The van der Waals surface area contributed by atoms with E-state index in [1.807, 2.05) is 6.07 Å². The Labute approximate surface area is 369 Å². The summed E-state index contributed by atoms with van der Waals surface area (Å²) in [6, 6.07) is 27.2. The average molecular weight is 909 g/mol. The third kappa shape index (κ3) is 9.85. The van der Waals surface area contributed by atoms with Crippen molar-refractivity contribution in [3.8, 4) is 17.2 Å². The number of carbonyl (C=O) groups excluding carboxylic acids is 2. The Morgan fingerprint density at radius 1 is 0.923 bits per heavy atom. The van der Waals surface area contributed by atoms with Gasteiger partial charge in [-0.3, -0.25) is 37.3 Å². The number of imidazole rings is 1. The van der Waals surface area contributed by atoms with Gasteiger partial charge in [0.15, 0.2) is 29.3 Å². The maximum absolute atomic E-state index is 14.6. The molecule has 0 spiro atoms. The maximum atomic E-state index is 14.6. The Balaban J connectivity index is 1.06. The fraction of sp³-hybridized carbons (Fsp3) is 0.302. The monoisotopic (exact) mass is 908 g/mol. The van der Waals surface area contributed by atoms with E-state index in [0.717, 1.165) is 4.57 Å². The van der Waals surface area contributed by atoms with E-state index in [1.54, 1.807) is 91.0 Å². The van der Waals surface area contributed by atoms with E-state index in [2.05, 4.69) is 25.3 Å². The minimum atomic E-state index is -4.74. The van der Waals surface area contributed by atoms with Gasteiger partial charge in [-0.25, -0.2) is 29.1 Å². The van der Waals surface area contributed by atoms with Gasteiger partial charge in [0.25, 0.3) is 11.5 Å². The summed E-state index contributed by atoms with van der Waals surface area (Å²) in [7, 11) is -3.37. The molecule has 2 saturated heterocycles. The number of nitrogens with zero attached hydrogens (tertiary/aromatic N) is 6. The van der Waals surface area contributed by atoms with Crippen LogP contribution in [0.1, 0.15) is 46.0 Å². The van der Waals surface area contributed by atoms with Crippen molar-refractivity contribution in [2.75, 3.05) is 32.2 Å². The van der Waals surface area contributed by atoms with Crippen molar-refractivity contribution in [2.24, 2.45) is 0 Å². The number of aliphatic hydroxyl groups is 1. The van der Waals surface area contributed by atoms with Gasteiger partial charge in [-0.2, -0.15) is 5.26 Å². The average Bonchev–Trinajstić information content (AvgIpc) is 4.04. The molecule has 0 aliphatic carbocycles. The number of rotatable bonds is 17. The number of anilines is 1. The Morgan fingerprint density at radius 3 is 2.32 bits per heavy atom. The molecule has 2 aliphatic rings. The van der Waals surface area contributed by atoms with Crippen LogP contribution in [0.4, 0.5) is 5.82 Å². The number of ether oxygens (including phenoxy) is 4. The summed E-state index contributed by atoms with van der Waals surface area (Å²) < 4.78 is 59.1.